The third kappa shape index (κ3) is 4.92. The van der Waals surface area contributed by atoms with Gasteiger partial charge in [0.2, 0.25) is 0 Å². The molecule has 2 atom stereocenters. The Morgan fingerprint density at radius 1 is 1.41 bits per heavy atom. The molecular weight excluding hydrogens is 212 g/mol. The first kappa shape index (κ1) is 14.3. The molecule has 1 rings (SSSR count). The number of rotatable bonds is 8. The molecule has 0 saturated heterocycles. The summed E-state index contributed by atoms with van der Waals surface area (Å²) in [5.41, 5.74) is 1.24. The van der Waals surface area contributed by atoms with Crippen LogP contribution in [0.25, 0.3) is 0 Å². The summed E-state index contributed by atoms with van der Waals surface area (Å²) in [4.78, 5) is 2.38. The highest BCUT2D eigenvalue weighted by Gasteiger charge is 2.16. The quantitative estimate of drug-likeness (QED) is 0.706. The van der Waals surface area contributed by atoms with Gasteiger partial charge in [-0.15, -0.1) is 0 Å². The van der Waals surface area contributed by atoms with Crippen LogP contribution in [0.4, 0.5) is 0 Å². The monoisotopic (exact) mass is 238 g/mol. The van der Waals surface area contributed by atoms with Gasteiger partial charge in [-0.2, -0.15) is 0 Å². The third-order valence-corrected chi connectivity index (χ3v) is 3.42. The summed E-state index contributed by atoms with van der Waals surface area (Å²) in [7, 11) is 2.17. The van der Waals surface area contributed by atoms with E-state index in [-0.39, 0.29) is 0 Å². The molecule has 0 aliphatic carbocycles. The zero-order valence-corrected chi connectivity index (χ0v) is 11.6. The van der Waals surface area contributed by atoms with Crippen LogP contribution in [-0.2, 0) is 6.54 Å². The largest absolute Gasteiger partial charge is 0.472 e. The number of hydrogen-bond donors (Lipinski definition) is 1. The summed E-state index contributed by atoms with van der Waals surface area (Å²) >= 11 is 0. The van der Waals surface area contributed by atoms with Crippen molar-refractivity contribution in [1.29, 1.82) is 0 Å². The van der Waals surface area contributed by atoms with Gasteiger partial charge in [-0.1, -0.05) is 13.8 Å². The maximum absolute atomic E-state index is 5.10. The molecule has 1 aromatic heterocycles. The lowest BCUT2D eigenvalue weighted by molar-refractivity contribution is 0.188. The van der Waals surface area contributed by atoms with Crippen LogP contribution in [0.15, 0.2) is 23.0 Å². The predicted molar refractivity (Wildman–Crippen MR) is 72.0 cm³/mol. The molecule has 0 aromatic carbocycles. The van der Waals surface area contributed by atoms with E-state index in [0.717, 1.165) is 19.6 Å². The van der Waals surface area contributed by atoms with Crippen LogP contribution in [0.5, 0.6) is 0 Å². The van der Waals surface area contributed by atoms with Crippen molar-refractivity contribution in [3.8, 4) is 0 Å². The molecule has 0 spiro atoms. The fourth-order valence-corrected chi connectivity index (χ4v) is 1.93. The minimum atomic E-state index is 0.564. The maximum Gasteiger partial charge on any atom is 0.0947 e. The summed E-state index contributed by atoms with van der Waals surface area (Å²) in [6, 6.07) is 2.60. The van der Waals surface area contributed by atoms with Crippen LogP contribution in [0.1, 0.15) is 32.8 Å². The van der Waals surface area contributed by atoms with E-state index in [2.05, 4.69) is 38.0 Å². The van der Waals surface area contributed by atoms with Crippen LogP contribution in [-0.4, -0.2) is 31.1 Å². The SMILES string of the molecule is CCCNCC(C)C(C)N(C)Cc1ccoc1. The average Bonchev–Trinajstić information content (AvgIpc) is 2.81. The van der Waals surface area contributed by atoms with Gasteiger partial charge in [0, 0.05) is 18.2 Å². The molecule has 1 N–H and O–H groups in total. The van der Waals surface area contributed by atoms with E-state index in [1.165, 1.54) is 12.0 Å². The molecule has 0 amide bonds. The molecule has 17 heavy (non-hydrogen) atoms. The summed E-state index contributed by atoms with van der Waals surface area (Å²) < 4.78 is 5.10. The number of nitrogens with one attached hydrogen (secondary N) is 1. The smallest absolute Gasteiger partial charge is 0.0947 e. The maximum atomic E-state index is 5.10. The molecule has 0 bridgehead atoms. The predicted octanol–water partition coefficient (Wildman–Crippen LogP) is 2.74. The molecule has 0 radical (unpaired) electrons. The molecule has 3 nitrogen and oxygen atoms in total. The molecule has 3 heteroatoms. The minimum absolute atomic E-state index is 0.564. The van der Waals surface area contributed by atoms with Crippen molar-refractivity contribution in [2.75, 3.05) is 20.1 Å². The van der Waals surface area contributed by atoms with Crippen molar-refractivity contribution < 1.29 is 4.42 Å². The van der Waals surface area contributed by atoms with Crippen molar-refractivity contribution >= 4 is 0 Å². The van der Waals surface area contributed by atoms with Crippen molar-refractivity contribution in [3.05, 3.63) is 24.2 Å². The van der Waals surface area contributed by atoms with E-state index in [0.29, 0.717) is 12.0 Å². The molecule has 0 saturated carbocycles. The molecule has 1 heterocycles. The zero-order valence-electron chi connectivity index (χ0n) is 11.6. The lowest BCUT2D eigenvalue weighted by Crippen LogP contribution is -2.38. The fourth-order valence-electron chi connectivity index (χ4n) is 1.93. The molecule has 2 unspecified atom stereocenters. The van der Waals surface area contributed by atoms with Crippen molar-refractivity contribution in [2.24, 2.45) is 5.92 Å². The molecule has 0 aliphatic rings. The average molecular weight is 238 g/mol. The normalized spacial score (nSPS) is 15.1. The Hall–Kier alpha value is -0.800. The summed E-state index contributed by atoms with van der Waals surface area (Å²) in [6.45, 7) is 9.95. The highest BCUT2D eigenvalue weighted by Crippen LogP contribution is 2.12. The number of nitrogens with zero attached hydrogens (tertiary/aromatic N) is 1. The van der Waals surface area contributed by atoms with Crippen molar-refractivity contribution in [1.82, 2.24) is 10.2 Å². The zero-order chi connectivity index (χ0) is 12.7. The Balaban J connectivity index is 2.32. The second-order valence-corrected chi connectivity index (χ2v) is 4.97. The number of hydrogen-bond acceptors (Lipinski definition) is 3. The Bertz CT molecular complexity index is 284. The van der Waals surface area contributed by atoms with Crippen LogP contribution >= 0.6 is 0 Å². The highest BCUT2D eigenvalue weighted by molar-refractivity contribution is 5.04. The second kappa shape index (κ2) is 7.51. The van der Waals surface area contributed by atoms with Crippen LogP contribution < -0.4 is 5.32 Å². The van der Waals surface area contributed by atoms with Crippen LogP contribution in [0.3, 0.4) is 0 Å². The Labute approximate surface area is 105 Å². The highest BCUT2D eigenvalue weighted by atomic mass is 16.3. The topological polar surface area (TPSA) is 28.4 Å². The third-order valence-electron chi connectivity index (χ3n) is 3.42. The van der Waals surface area contributed by atoms with Crippen LogP contribution in [0, 0.1) is 5.92 Å². The Kier molecular flexibility index (Phi) is 6.30. The van der Waals surface area contributed by atoms with Gasteiger partial charge in [-0.05, 0) is 45.5 Å². The van der Waals surface area contributed by atoms with Crippen molar-refractivity contribution in [3.63, 3.8) is 0 Å². The molecule has 98 valence electrons. The fraction of sp³-hybridized carbons (Fsp3) is 0.714. The minimum Gasteiger partial charge on any atom is -0.472 e. The van der Waals surface area contributed by atoms with E-state index >= 15 is 0 Å². The first-order valence-electron chi connectivity index (χ1n) is 6.57. The van der Waals surface area contributed by atoms with E-state index in [4.69, 9.17) is 4.42 Å². The molecule has 1 aromatic rings. The summed E-state index contributed by atoms with van der Waals surface area (Å²) in [5, 5.41) is 3.48. The van der Waals surface area contributed by atoms with Gasteiger partial charge >= 0.3 is 0 Å². The van der Waals surface area contributed by atoms with E-state index in [1.54, 1.807) is 6.26 Å². The molecular formula is C14H26N2O. The first-order valence-corrected chi connectivity index (χ1v) is 6.57. The van der Waals surface area contributed by atoms with E-state index < -0.39 is 0 Å². The Morgan fingerprint density at radius 3 is 2.76 bits per heavy atom. The van der Waals surface area contributed by atoms with Gasteiger partial charge in [-0.25, -0.2) is 0 Å². The number of furan rings is 1. The first-order chi connectivity index (χ1) is 8.15. The lowest BCUT2D eigenvalue weighted by Gasteiger charge is -2.29. The van der Waals surface area contributed by atoms with Gasteiger partial charge in [0.15, 0.2) is 0 Å². The van der Waals surface area contributed by atoms with Gasteiger partial charge in [-0.3, -0.25) is 4.90 Å². The molecule has 0 fully saturated rings. The second-order valence-electron chi connectivity index (χ2n) is 4.97. The van der Waals surface area contributed by atoms with Gasteiger partial charge < -0.3 is 9.73 Å². The Morgan fingerprint density at radius 2 is 2.18 bits per heavy atom. The van der Waals surface area contributed by atoms with Gasteiger partial charge in [0.1, 0.15) is 0 Å². The molecule has 0 aliphatic heterocycles. The van der Waals surface area contributed by atoms with E-state index in [1.807, 2.05) is 12.3 Å². The van der Waals surface area contributed by atoms with Crippen LogP contribution in [0.2, 0.25) is 0 Å². The van der Waals surface area contributed by atoms with Crippen molar-refractivity contribution in [2.45, 2.75) is 39.8 Å². The van der Waals surface area contributed by atoms with Gasteiger partial charge in [0.05, 0.1) is 12.5 Å². The van der Waals surface area contributed by atoms with E-state index in [9.17, 15) is 0 Å². The summed E-state index contributed by atoms with van der Waals surface area (Å²) in [5.74, 6) is 0.651. The standard InChI is InChI=1S/C14H26N2O/c1-5-7-15-9-12(2)13(3)16(4)10-14-6-8-17-11-14/h6,8,11-13,15H,5,7,9-10H2,1-4H3. The lowest BCUT2D eigenvalue weighted by atomic mass is 10.0. The summed E-state index contributed by atoms with van der Waals surface area (Å²) in [6.07, 6.45) is 4.76. The van der Waals surface area contributed by atoms with Gasteiger partial charge in [0.25, 0.3) is 0 Å².